The number of benzene rings is 1. The van der Waals surface area contributed by atoms with Crippen LogP contribution in [0.2, 0.25) is 0 Å². The van der Waals surface area contributed by atoms with Gasteiger partial charge >= 0.3 is 0 Å². The number of rotatable bonds is 7. The molecule has 2 amide bonds. The molecule has 1 fully saturated rings. The molecule has 35 heavy (non-hydrogen) atoms. The minimum atomic E-state index is -0.476. The largest absolute Gasteiger partial charge is 0.384 e. The van der Waals surface area contributed by atoms with E-state index in [2.05, 4.69) is 9.97 Å². The van der Waals surface area contributed by atoms with Gasteiger partial charge in [-0.25, -0.2) is 4.98 Å². The van der Waals surface area contributed by atoms with Crippen LogP contribution in [0.4, 0.5) is 5.82 Å². The Kier molecular flexibility index (Phi) is 7.40. The van der Waals surface area contributed by atoms with Crippen LogP contribution in [0, 0.1) is 0 Å². The number of hydrogen-bond acceptors (Lipinski definition) is 5. The highest BCUT2D eigenvalue weighted by Gasteiger charge is 2.35. The number of carbonyl (C=O) groups is 2. The van der Waals surface area contributed by atoms with Gasteiger partial charge in [-0.15, -0.1) is 0 Å². The molecule has 4 rings (SSSR count). The molecule has 0 aliphatic carbocycles. The molecule has 1 unspecified atom stereocenters. The van der Waals surface area contributed by atoms with Crippen LogP contribution in [0.25, 0.3) is 17.2 Å². The van der Waals surface area contributed by atoms with Crippen molar-refractivity contribution in [2.24, 2.45) is 0 Å². The van der Waals surface area contributed by atoms with Crippen molar-refractivity contribution in [2.45, 2.75) is 32.4 Å². The molecule has 0 spiro atoms. The van der Waals surface area contributed by atoms with Crippen molar-refractivity contribution < 1.29 is 9.59 Å². The Morgan fingerprint density at radius 1 is 1.09 bits per heavy atom. The number of aromatic nitrogens is 2. The summed E-state index contributed by atoms with van der Waals surface area (Å²) in [6.07, 6.45) is 7.89. The van der Waals surface area contributed by atoms with Crippen LogP contribution in [0.15, 0.2) is 71.8 Å². The molecule has 2 aromatic heterocycles. The molecule has 1 saturated heterocycles. The van der Waals surface area contributed by atoms with Gasteiger partial charge in [0.25, 0.3) is 0 Å². The molecule has 8 nitrogen and oxygen atoms in total. The number of nitrogens with two attached hydrogens (primary N) is 1. The maximum Gasteiger partial charge on any atom is 0.247 e. The number of nitrogen functional groups attached to an aromatic ring is 1. The highest BCUT2D eigenvalue weighted by molar-refractivity contribution is 5.96. The molecular weight excluding hydrogens is 442 g/mol. The van der Waals surface area contributed by atoms with Gasteiger partial charge in [0.1, 0.15) is 11.9 Å². The second-order valence-corrected chi connectivity index (χ2v) is 8.58. The summed E-state index contributed by atoms with van der Waals surface area (Å²) in [5.74, 6) is 0.210. The van der Waals surface area contributed by atoms with Gasteiger partial charge < -0.3 is 20.5 Å². The highest BCUT2D eigenvalue weighted by Crippen LogP contribution is 2.22. The number of anilines is 1. The first-order valence-electron chi connectivity index (χ1n) is 11.7. The highest BCUT2D eigenvalue weighted by atomic mass is 16.2. The fraction of sp³-hybridized carbons (Fsp3) is 0.259. The average Bonchev–Trinajstić information content (AvgIpc) is 2.87. The van der Waals surface area contributed by atoms with E-state index < -0.39 is 6.04 Å². The van der Waals surface area contributed by atoms with Crippen LogP contribution in [0.1, 0.15) is 30.9 Å². The topological polar surface area (TPSA) is 112 Å². The maximum absolute atomic E-state index is 13.3. The number of carbonyl (C=O) groups excluding carboxylic acids is 2. The van der Waals surface area contributed by atoms with Gasteiger partial charge in [0.05, 0.1) is 0 Å². The van der Waals surface area contributed by atoms with E-state index >= 15 is 0 Å². The molecule has 0 bridgehead atoms. The van der Waals surface area contributed by atoms with E-state index in [1.165, 1.54) is 12.1 Å². The van der Waals surface area contributed by atoms with Gasteiger partial charge in [0.2, 0.25) is 17.4 Å². The van der Waals surface area contributed by atoms with Crippen LogP contribution in [0.5, 0.6) is 0 Å². The summed E-state index contributed by atoms with van der Waals surface area (Å²) >= 11 is 0. The van der Waals surface area contributed by atoms with Crippen molar-refractivity contribution in [3.05, 3.63) is 88.5 Å². The standard InChI is InChI=1S/C27H29N5O3/c1-2-3-23-27(35)31(14-15-32(23)26(34)13-7-19-6-11-24(28)29-16-19)18-20-4-8-21(9-5-20)22-10-12-25(33)30-17-22/h4-13,16-17,23H,2-3,14-15,18H2,1H3,(H2,28,29)(H,30,33)/b13-7+. The first kappa shape index (κ1) is 23.9. The minimum Gasteiger partial charge on any atom is -0.384 e. The molecule has 1 aliphatic heterocycles. The normalized spacial score (nSPS) is 16.1. The third-order valence-corrected chi connectivity index (χ3v) is 6.10. The Balaban J connectivity index is 1.42. The summed E-state index contributed by atoms with van der Waals surface area (Å²) in [4.78, 5) is 47.7. The number of piperazine rings is 1. The van der Waals surface area contributed by atoms with E-state index in [1.54, 1.807) is 41.6 Å². The molecule has 3 aromatic rings. The van der Waals surface area contributed by atoms with Crippen LogP contribution in [-0.4, -0.2) is 50.7 Å². The zero-order valence-electron chi connectivity index (χ0n) is 19.7. The first-order valence-corrected chi connectivity index (χ1v) is 11.7. The predicted molar refractivity (Wildman–Crippen MR) is 136 cm³/mol. The molecule has 180 valence electrons. The number of aromatic amines is 1. The van der Waals surface area contributed by atoms with E-state index in [0.29, 0.717) is 31.9 Å². The Bertz CT molecular complexity index is 1240. The molecule has 1 aliphatic rings. The van der Waals surface area contributed by atoms with E-state index in [-0.39, 0.29) is 17.4 Å². The Labute approximate surface area is 204 Å². The quantitative estimate of drug-likeness (QED) is 0.514. The summed E-state index contributed by atoms with van der Waals surface area (Å²) in [5, 5.41) is 0. The van der Waals surface area contributed by atoms with Crippen LogP contribution < -0.4 is 11.3 Å². The van der Waals surface area contributed by atoms with Gasteiger partial charge in [0, 0.05) is 44.2 Å². The Morgan fingerprint density at radius 3 is 2.51 bits per heavy atom. The smallest absolute Gasteiger partial charge is 0.247 e. The fourth-order valence-electron chi connectivity index (χ4n) is 4.20. The van der Waals surface area contributed by atoms with Crippen molar-refractivity contribution in [1.29, 1.82) is 0 Å². The van der Waals surface area contributed by atoms with Crippen molar-refractivity contribution in [3.63, 3.8) is 0 Å². The monoisotopic (exact) mass is 471 g/mol. The number of amides is 2. The van der Waals surface area contributed by atoms with Crippen molar-refractivity contribution in [2.75, 3.05) is 18.8 Å². The molecule has 8 heteroatoms. The fourth-order valence-corrected chi connectivity index (χ4v) is 4.20. The number of H-pyrrole nitrogens is 1. The number of nitrogens with one attached hydrogen (secondary N) is 1. The van der Waals surface area contributed by atoms with Crippen LogP contribution >= 0.6 is 0 Å². The third-order valence-electron chi connectivity index (χ3n) is 6.10. The van der Waals surface area contributed by atoms with Gasteiger partial charge in [-0.3, -0.25) is 14.4 Å². The zero-order valence-corrected chi connectivity index (χ0v) is 19.7. The summed E-state index contributed by atoms with van der Waals surface area (Å²) in [5.41, 5.74) is 9.16. The minimum absolute atomic E-state index is 0.0290. The van der Waals surface area contributed by atoms with Gasteiger partial charge in [-0.05, 0) is 52.9 Å². The number of hydrogen-bond donors (Lipinski definition) is 2. The van der Waals surface area contributed by atoms with Crippen LogP contribution in [-0.2, 0) is 16.1 Å². The maximum atomic E-state index is 13.3. The molecule has 1 aromatic carbocycles. The average molecular weight is 472 g/mol. The SMILES string of the molecule is CCCC1C(=O)N(Cc2ccc(-c3ccc(=O)[nH]c3)cc2)CCN1C(=O)/C=C/c1ccc(N)nc1. The molecule has 3 N–H and O–H groups in total. The second kappa shape index (κ2) is 10.8. The third kappa shape index (κ3) is 5.84. The lowest BCUT2D eigenvalue weighted by atomic mass is 10.0. The predicted octanol–water partition coefficient (Wildman–Crippen LogP) is 3.07. The molecule has 1 atom stereocenters. The van der Waals surface area contributed by atoms with E-state index in [1.807, 2.05) is 36.1 Å². The second-order valence-electron chi connectivity index (χ2n) is 8.58. The van der Waals surface area contributed by atoms with E-state index in [9.17, 15) is 14.4 Å². The number of nitrogens with zero attached hydrogens (tertiary/aromatic N) is 3. The Hall–Kier alpha value is -4.20. The lowest BCUT2D eigenvalue weighted by Crippen LogP contribution is -2.58. The molecular formula is C27H29N5O3. The summed E-state index contributed by atoms with van der Waals surface area (Å²) in [7, 11) is 0. The lowest BCUT2D eigenvalue weighted by Gasteiger charge is -2.40. The van der Waals surface area contributed by atoms with Crippen molar-refractivity contribution in [1.82, 2.24) is 19.8 Å². The van der Waals surface area contributed by atoms with E-state index in [4.69, 9.17) is 5.73 Å². The first-order chi connectivity index (χ1) is 16.9. The molecule has 0 radical (unpaired) electrons. The van der Waals surface area contributed by atoms with Crippen LogP contribution in [0.3, 0.4) is 0 Å². The van der Waals surface area contributed by atoms with Gasteiger partial charge in [-0.2, -0.15) is 0 Å². The molecule has 0 saturated carbocycles. The summed E-state index contributed by atoms with van der Waals surface area (Å²) < 4.78 is 0. The van der Waals surface area contributed by atoms with Gasteiger partial charge in [0.15, 0.2) is 0 Å². The van der Waals surface area contributed by atoms with Gasteiger partial charge in [-0.1, -0.05) is 37.6 Å². The van der Waals surface area contributed by atoms with Crippen molar-refractivity contribution >= 4 is 23.7 Å². The Morgan fingerprint density at radius 2 is 1.86 bits per heavy atom. The van der Waals surface area contributed by atoms with Crippen molar-refractivity contribution in [3.8, 4) is 11.1 Å². The molecule has 3 heterocycles. The number of pyridine rings is 2. The summed E-state index contributed by atoms with van der Waals surface area (Å²) in [6.45, 7) is 3.46. The zero-order chi connectivity index (χ0) is 24.8. The summed E-state index contributed by atoms with van der Waals surface area (Å²) in [6, 6.07) is 14.2. The van der Waals surface area contributed by atoms with E-state index in [0.717, 1.165) is 28.7 Å². The lowest BCUT2D eigenvalue weighted by molar-refractivity contribution is -0.150.